The SMILES string of the molecule is CC[C@H](C)NC(=O)[C@H](C)N(CCc1ccccc1)C(=O)CCCN(c1ccc(Cl)cc1)S(C)(=O)=O. The Balaban J connectivity index is 2.10. The molecule has 2 atom stereocenters. The van der Waals surface area contributed by atoms with Gasteiger partial charge in [-0.25, -0.2) is 8.42 Å². The standard InChI is InChI=1S/C26H36ClN3O4S/c1-5-20(2)28-26(32)21(3)29(19-17-22-10-7-6-8-11-22)25(31)12-9-18-30(35(4,33)34)24-15-13-23(27)14-16-24/h6-8,10-11,13-16,20-21H,5,9,12,17-19H2,1-4H3,(H,28,32)/t20-,21-/m0/s1. The third-order valence-corrected chi connectivity index (χ3v) is 7.37. The van der Waals surface area contributed by atoms with Gasteiger partial charge in [0.2, 0.25) is 21.8 Å². The van der Waals surface area contributed by atoms with Crippen molar-refractivity contribution in [3.63, 3.8) is 0 Å². The molecule has 9 heteroatoms. The van der Waals surface area contributed by atoms with E-state index in [0.717, 1.165) is 18.2 Å². The highest BCUT2D eigenvalue weighted by Gasteiger charge is 2.26. The normalized spacial score (nSPS) is 13.1. The van der Waals surface area contributed by atoms with Crippen LogP contribution in [-0.2, 0) is 26.0 Å². The van der Waals surface area contributed by atoms with Crippen LogP contribution in [0.3, 0.4) is 0 Å². The van der Waals surface area contributed by atoms with Crippen molar-refractivity contribution in [3.05, 3.63) is 65.2 Å². The first-order chi connectivity index (χ1) is 16.5. The third-order valence-electron chi connectivity index (χ3n) is 5.92. The molecule has 2 aromatic carbocycles. The zero-order chi connectivity index (χ0) is 26.0. The van der Waals surface area contributed by atoms with Gasteiger partial charge in [0, 0.05) is 30.6 Å². The second-order valence-corrected chi connectivity index (χ2v) is 11.1. The molecular formula is C26H36ClN3O4S. The summed E-state index contributed by atoms with van der Waals surface area (Å²) in [6.45, 7) is 6.19. The maximum absolute atomic E-state index is 13.2. The van der Waals surface area contributed by atoms with Crippen molar-refractivity contribution in [2.75, 3.05) is 23.7 Å². The number of carbonyl (C=O) groups excluding carboxylic acids is 2. The van der Waals surface area contributed by atoms with Crippen molar-refractivity contribution in [2.24, 2.45) is 0 Å². The average Bonchev–Trinajstić information content (AvgIpc) is 2.82. The Labute approximate surface area is 214 Å². The van der Waals surface area contributed by atoms with Gasteiger partial charge in [-0.05, 0) is 62.9 Å². The summed E-state index contributed by atoms with van der Waals surface area (Å²) in [4.78, 5) is 27.6. The molecule has 0 spiro atoms. The Bertz CT molecular complexity index is 1060. The van der Waals surface area contributed by atoms with Crippen LogP contribution in [-0.4, -0.2) is 56.6 Å². The smallest absolute Gasteiger partial charge is 0.242 e. The molecule has 2 rings (SSSR count). The summed E-state index contributed by atoms with van der Waals surface area (Å²) in [5.74, 6) is -0.378. The zero-order valence-corrected chi connectivity index (χ0v) is 22.5. The molecule has 0 fully saturated rings. The van der Waals surface area contributed by atoms with E-state index in [0.29, 0.717) is 30.1 Å². The maximum atomic E-state index is 13.2. The summed E-state index contributed by atoms with van der Waals surface area (Å²) in [5, 5.41) is 3.46. The van der Waals surface area contributed by atoms with Crippen LogP contribution in [0.1, 0.15) is 45.6 Å². The fourth-order valence-corrected chi connectivity index (χ4v) is 4.74. The zero-order valence-electron chi connectivity index (χ0n) is 20.9. The number of amides is 2. The van der Waals surface area contributed by atoms with Gasteiger partial charge in [-0.3, -0.25) is 13.9 Å². The minimum Gasteiger partial charge on any atom is -0.352 e. The molecule has 2 aromatic rings. The monoisotopic (exact) mass is 521 g/mol. The van der Waals surface area contributed by atoms with Gasteiger partial charge in [0.15, 0.2) is 0 Å². The molecule has 0 aliphatic heterocycles. The molecule has 0 saturated heterocycles. The van der Waals surface area contributed by atoms with Crippen molar-refractivity contribution in [1.29, 1.82) is 0 Å². The predicted molar refractivity (Wildman–Crippen MR) is 142 cm³/mol. The molecule has 2 amide bonds. The van der Waals surface area contributed by atoms with Crippen LogP contribution in [0, 0.1) is 0 Å². The number of hydrogen-bond acceptors (Lipinski definition) is 4. The van der Waals surface area contributed by atoms with Gasteiger partial charge in [-0.1, -0.05) is 48.9 Å². The first-order valence-electron chi connectivity index (χ1n) is 11.9. The molecule has 0 heterocycles. The van der Waals surface area contributed by atoms with Crippen molar-refractivity contribution in [1.82, 2.24) is 10.2 Å². The molecule has 0 saturated carbocycles. The van der Waals surface area contributed by atoms with Crippen LogP contribution >= 0.6 is 11.6 Å². The summed E-state index contributed by atoms with van der Waals surface area (Å²) in [6, 6.07) is 15.7. The van der Waals surface area contributed by atoms with Crippen LogP contribution < -0.4 is 9.62 Å². The highest BCUT2D eigenvalue weighted by molar-refractivity contribution is 7.92. The van der Waals surface area contributed by atoms with Crippen LogP contribution in [0.25, 0.3) is 0 Å². The number of rotatable bonds is 13. The number of sulfonamides is 1. The Morgan fingerprint density at radius 2 is 1.63 bits per heavy atom. The molecule has 0 radical (unpaired) electrons. The van der Waals surface area contributed by atoms with E-state index in [9.17, 15) is 18.0 Å². The summed E-state index contributed by atoms with van der Waals surface area (Å²) in [7, 11) is -3.54. The lowest BCUT2D eigenvalue weighted by molar-refractivity contribution is -0.140. The molecule has 0 bridgehead atoms. The van der Waals surface area contributed by atoms with E-state index in [1.807, 2.05) is 44.2 Å². The summed E-state index contributed by atoms with van der Waals surface area (Å²) >= 11 is 5.93. The molecule has 0 aliphatic carbocycles. The number of nitrogens with one attached hydrogen (secondary N) is 1. The number of benzene rings is 2. The van der Waals surface area contributed by atoms with Gasteiger partial charge >= 0.3 is 0 Å². The first kappa shape index (κ1) is 28.7. The van der Waals surface area contributed by atoms with Gasteiger partial charge in [0.05, 0.1) is 11.9 Å². The van der Waals surface area contributed by atoms with Crippen LogP contribution in [0.5, 0.6) is 0 Å². The van der Waals surface area contributed by atoms with Gasteiger partial charge in [0.1, 0.15) is 6.04 Å². The molecule has 0 unspecified atom stereocenters. The van der Waals surface area contributed by atoms with Gasteiger partial charge in [-0.2, -0.15) is 0 Å². The quantitative estimate of drug-likeness (QED) is 0.426. The highest BCUT2D eigenvalue weighted by atomic mass is 35.5. The second kappa shape index (κ2) is 13.5. The van der Waals surface area contributed by atoms with E-state index >= 15 is 0 Å². The van der Waals surface area contributed by atoms with Crippen LogP contribution in [0.2, 0.25) is 5.02 Å². The van der Waals surface area contributed by atoms with E-state index < -0.39 is 16.1 Å². The predicted octanol–water partition coefficient (Wildman–Crippen LogP) is 4.26. The minimum atomic E-state index is -3.54. The van der Waals surface area contributed by atoms with Crippen LogP contribution in [0.15, 0.2) is 54.6 Å². The first-order valence-corrected chi connectivity index (χ1v) is 14.1. The Kier molecular flexibility index (Phi) is 11.0. The lowest BCUT2D eigenvalue weighted by atomic mass is 10.1. The largest absolute Gasteiger partial charge is 0.352 e. The summed E-state index contributed by atoms with van der Waals surface area (Å²) in [5.41, 5.74) is 1.57. The molecule has 192 valence electrons. The van der Waals surface area contributed by atoms with Gasteiger partial charge in [-0.15, -0.1) is 0 Å². The van der Waals surface area contributed by atoms with Gasteiger partial charge < -0.3 is 10.2 Å². The fourth-order valence-electron chi connectivity index (χ4n) is 3.65. The van der Waals surface area contributed by atoms with Crippen molar-refractivity contribution >= 4 is 39.1 Å². The summed E-state index contributed by atoms with van der Waals surface area (Å²) in [6.07, 6.45) is 2.98. The van der Waals surface area contributed by atoms with E-state index in [4.69, 9.17) is 11.6 Å². The van der Waals surface area contributed by atoms with E-state index in [1.165, 1.54) is 4.31 Å². The molecule has 35 heavy (non-hydrogen) atoms. The van der Waals surface area contributed by atoms with Crippen molar-refractivity contribution < 1.29 is 18.0 Å². The topological polar surface area (TPSA) is 86.8 Å². The lowest BCUT2D eigenvalue weighted by Gasteiger charge is -2.30. The van der Waals surface area contributed by atoms with E-state index in [2.05, 4.69) is 5.32 Å². The number of nitrogens with zero attached hydrogens (tertiary/aromatic N) is 2. The maximum Gasteiger partial charge on any atom is 0.242 e. The lowest BCUT2D eigenvalue weighted by Crippen LogP contribution is -2.50. The molecule has 7 nitrogen and oxygen atoms in total. The average molecular weight is 522 g/mol. The van der Waals surface area contributed by atoms with Crippen molar-refractivity contribution in [2.45, 2.75) is 58.5 Å². The van der Waals surface area contributed by atoms with Crippen LogP contribution in [0.4, 0.5) is 5.69 Å². The number of halogens is 1. The molecular weight excluding hydrogens is 486 g/mol. The Hall–Kier alpha value is -2.58. The number of anilines is 1. The molecule has 1 N–H and O–H groups in total. The molecule has 0 aromatic heterocycles. The molecule has 0 aliphatic rings. The second-order valence-electron chi connectivity index (χ2n) is 8.73. The fraction of sp³-hybridized carbons (Fsp3) is 0.462. The van der Waals surface area contributed by atoms with E-state index in [-0.39, 0.29) is 30.8 Å². The number of carbonyl (C=O) groups is 2. The Morgan fingerprint density at radius 1 is 1.00 bits per heavy atom. The van der Waals surface area contributed by atoms with Crippen molar-refractivity contribution in [3.8, 4) is 0 Å². The Morgan fingerprint density at radius 3 is 2.20 bits per heavy atom. The minimum absolute atomic E-state index is 0.0127. The summed E-state index contributed by atoms with van der Waals surface area (Å²) < 4.78 is 26.0. The third kappa shape index (κ3) is 9.18. The van der Waals surface area contributed by atoms with E-state index in [1.54, 1.807) is 36.1 Å². The highest BCUT2D eigenvalue weighted by Crippen LogP contribution is 2.21. The van der Waals surface area contributed by atoms with Gasteiger partial charge in [0.25, 0.3) is 0 Å². The number of hydrogen-bond donors (Lipinski definition) is 1.